The highest BCUT2D eigenvalue weighted by Gasteiger charge is 2.04. The van der Waals surface area contributed by atoms with E-state index in [1.807, 2.05) is 44.3 Å². The summed E-state index contributed by atoms with van der Waals surface area (Å²) in [5, 5.41) is 3.15. The molecule has 0 amide bonds. The van der Waals surface area contributed by atoms with E-state index in [1.54, 1.807) is 0 Å². The summed E-state index contributed by atoms with van der Waals surface area (Å²) in [7, 11) is 1.93. The Hall–Kier alpha value is -2.07. The molecule has 0 saturated heterocycles. The summed E-state index contributed by atoms with van der Waals surface area (Å²) < 4.78 is 11.3. The van der Waals surface area contributed by atoms with E-state index in [2.05, 4.69) is 23.3 Å². The van der Waals surface area contributed by atoms with E-state index in [4.69, 9.17) is 9.47 Å². The van der Waals surface area contributed by atoms with E-state index in [0.29, 0.717) is 12.5 Å². The van der Waals surface area contributed by atoms with E-state index in [-0.39, 0.29) is 0 Å². The van der Waals surface area contributed by atoms with E-state index < -0.39 is 0 Å². The van der Waals surface area contributed by atoms with Gasteiger partial charge in [0.15, 0.2) is 0 Å². The summed E-state index contributed by atoms with van der Waals surface area (Å²) in [5.41, 5.74) is 2.20. The van der Waals surface area contributed by atoms with Crippen LogP contribution in [0.15, 0.2) is 36.4 Å². The maximum absolute atomic E-state index is 5.85. The maximum Gasteiger partial charge on any atom is 0.219 e. The Morgan fingerprint density at radius 1 is 1.05 bits per heavy atom. The van der Waals surface area contributed by atoms with Crippen LogP contribution in [0.25, 0.3) is 0 Å². The number of benzene rings is 1. The Morgan fingerprint density at radius 2 is 1.76 bits per heavy atom. The third kappa shape index (κ3) is 4.46. The van der Waals surface area contributed by atoms with Crippen molar-refractivity contribution in [2.24, 2.45) is 0 Å². The van der Waals surface area contributed by atoms with Gasteiger partial charge in [-0.25, -0.2) is 4.98 Å². The van der Waals surface area contributed by atoms with Crippen LogP contribution in [-0.2, 0) is 13.0 Å². The summed E-state index contributed by atoms with van der Waals surface area (Å²) in [5.74, 6) is 2.23. The zero-order valence-corrected chi connectivity index (χ0v) is 12.8. The first-order valence-electron chi connectivity index (χ1n) is 7.30. The molecule has 1 heterocycles. The predicted octanol–water partition coefficient (Wildman–Crippen LogP) is 3.55. The number of nitrogens with zero attached hydrogens (tertiary/aromatic N) is 1. The van der Waals surface area contributed by atoms with E-state index in [9.17, 15) is 0 Å². The highest BCUT2D eigenvalue weighted by atomic mass is 16.5. The summed E-state index contributed by atoms with van der Waals surface area (Å²) >= 11 is 0. The zero-order valence-electron chi connectivity index (χ0n) is 12.8. The van der Waals surface area contributed by atoms with Crippen molar-refractivity contribution in [1.82, 2.24) is 10.3 Å². The maximum atomic E-state index is 5.85. The molecule has 1 aromatic carbocycles. The minimum absolute atomic E-state index is 0.628. The lowest BCUT2D eigenvalue weighted by molar-refractivity contribution is 0.339. The molecular formula is C17H22N2O2. The minimum atomic E-state index is 0.628. The number of nitrogens with one attached hydrogen (secondary N) is 1. The molecule has 0 radical (unpaired) electrons. The van der Waals surface area contributed by atoms with Gasteiger partial charge >= 0.3 is 0 Å². The quantitative estimate of drug-likeness (QED) is 0.845. The minimum Gasteiger partial charge on any atom is -0.494 e. The van der Waals surface area contributed by atoms with Gasteiger partial charge in [-0.15, -0.1) is 0 Å². The van der Waals surface area contributed by atoms with Crippen molar-refractivity contribution in [3.05, 3.63) is 47.7 Å². The summed E-state index contributed by atoms with van der Waals surface area (Å²) in [6, 6.07) is 11.6. The number of hydrogen-bond acceptors (Lipinski definition) is 4. The van der Waals surface area contributed by atoms with E-state index in [0.717, 1.165) is 30.2 Å². The van der Waals surface area contributed by atoms with Gasteiger partial charge < -0.3 is 14.8 Å². The van der Waals surface area contributed by atoms with Crippen LogP contribution in [0.3, 0.4) is 0 Å². The standard InChI is InChI=1S/C17H22N2O2/c1-4-14-10-13(12-18-3)11-17(19-14)21-16-8-6-15(7-9-16)20-5-2/h6-11,18H,4-5,12H2,1-3H3. The summed E-state index contributed by atoms with van der Waals surface area (Å²) in [4.78, 5) is 4.51. The molecule has 1 N–H and O–H groups in total. The molecule has 0 aliphatic carbocycles. The fraction of sp³-hybridized carbons (Fsp3) is 0.353. The second-order valence-corrected chi connectivity index (χ2v) is 4.70. The molecule has 4 heteroatoms. The van der Waals surface area contributed by atoms with Gasteiger partial charge in [-0.3, -0.25) is 0 Å². The van der Waals surface area contributed by atoms with Gasteiger partial charge in [0.25, 0.3) is 0 Å². The van der Waals surface area contributed by atoms with Gasteiger partial charge in [0.1, 0.15) is 11.5 Å². The average molecular weight is 286 g/mol. The largest absolute Gasteiger partial charge is 0.494 e. The van der Waals surface area contributed by atoms with Crippen molar-refractivity contribution < 1.29 is 9.47 Å². The zero-order chi connectivity index (χ0) is 15.1. The number of pyridine rings is 1. The second-order valence-electron chi connectivity index (χ2n) is 4.70. The van der Waals surface area contributed by atoms with Crippen LogP contribution in [0.5, 0.6) is 17.4 Å². The lowest BCUT2D eigenvalue weighted by atomic mass is 10.2. The number of rotatable bonds is 7. The first kappa shape index (κ1) is 15.3. The molecular weight excluding hydrogens is 264 g/mol. The molecule has 2 aromatic rings. The first-order valence-corrected chi connectivity index (χ1v) is 7.30. The van der Waals surface area contributed by atoms with Gasteiger partial charge in [-0.2, -0.15) is 0 Å². The first-order chi connectivity index (χ1) is 10.2. The highest BCUT2D eigenvalue weighted by Crippen LogP contribution is 2.24. The molecule has 112 valence electrons. The molecule has 0 saturated carbocycles. The smallest absolute Gasteiger partial charge is 0.219 e. The van der Waals surface area contributed by atoms with Crippen LogP contribution in [0.1, 0.15) is 25.1 Å². The van der Waals surface area contributed by atoms with Gasteiger partial charge in [-0.05, 0) is 56.3 Å². The molecule has 0 bridgehead atoms. The fourth-order valence-corrected chi connectivity index (χ4v) is 2.05. The Labute approximate surface area is 126 Å². The summed E-state index contributed by atoms with van der Waals surface area (Å²) in [6.45, 7) is 5.52. The van der Waals surface area contributed by atoms with E-state index >= 15 is 0 Å². The molecule has 2 rings (SSSR count). The molecule has 0 aliphatic heterocycles. The van der Waals surface area contributed by atoms with Crippen molar-refractivity contribution in [2.75, 3.05) is 13.7 Å². The van der Waals surface area contributed by atoms with Crippen LogP contribution in [0, 0.1) is 0 Å². The third-order valence-electron chi connectivity index (χ3n) is 3.01. The Kier molecular flexibility index (Phi) is 5.58. The lowest BCUT2D eigenvalue weighted by Gasteiger charge is -2.10. The van der Waals surface area contributed by atoms with Crippen molar-refractivity contribution in [2.45, 2.75) is 26.8 Å². The van der Waals surface area contributed by atoms with Crippen LogP contribution in [-0.4, -0.2) is 18.6 Å². The molecule has 0 unspecified atom stereocenters. The topological polar surface area (TPSA) is 43.4 Å². The van der Waals surface area contributed by atoms with Gasteiger partial charge in [-0.1, -0.05) is 6.92 Å². The van der Waals surface area contributed by atoms with Gasteiger partial charge in [0, 0.05) is 18.3 Å². The lowest BCUT2D eigenvalue weighted by Crippen LogP contribution is -2.06. The van der Waals surface area contributed by atoms with Crippen LogP contribution in [0.2, 0.25) is 0 Å². The van der Waals surface area contributed by atoms with Crippen molar-refractivity contribution in [3.8, 4) is 17.4 Å². The molecule has 0 fully saturated rings. The van der Waals surface area contributed by atoms with E-state index in [1.165, 1.54) is 5.56 Å². The third-order valence-corrected chi connectivity index (χ3v) is 3.01. The number of aromatic nitrogens is 1. The monoisotopic (exact) mass is 286 g/mol. The van der Waals surface area contributed by atoms with Gasteiger partial charge in [0.05, 0.1) is 6.61 Å². The fourth-order valence-electron chi connectivity index (χ4n) is 2.05. The van der Waals surface area contributed by atoms with Crippen LogP contribution in [0.4, 0.5) is 0 Å². The molecule has 4 nitrogen and oxygen atoms in total. The van der Waals surface area contributed by atoms with Crippen molar-refractivity contribution in [1.29, 1.82) is 0 Å². The van der Waals surface area contributed by atoms with Crippen LogP contribution < -0.4 is 14.8 Å². The molecule has 0 aliphatic rings. The molecule has 1 aromatic heterocycles. The number of ether oxygens (including phenoxy) is 2. The van der Waals surface area contributed by atoms with Crippen molar-refractivity contribution in [3.63, 3.8) is 0 Å². The average Bonchev–Trinajstić information content (AvgIpc) is 2.49. The van der Waals surface area contributed by atoms with Gasteiger partial charge in [0.2, 0.25) is 5.88 Å². The molecule has 0 atom stereocenters. The highest BCUT2D eigenvalue weighted by molar-refractivity contribution is 5.35. The second kappa shape index (κ2) is 7.64. The van der Waals surface area contributed by atoms with Crippen LogP contribution >= 0.6 is 0 Å². The molecule has 0 spiro atoms. The SMILES string of the molecule is CCOc1ccc(Oc2cc(CNC)cc(CC)n2)cc1. The Morgan fingerprint density at radius 3 is 2.38 bits per heavy atom. The van der Waals surface area contributed by atoms with Crippen molar-refractivity contribution >= 4 is 0 Å². The summed E-state index contributed by atoms with van der Waals surface area (Å²) in [6.07, 6.45) is 0.886. The number of aryl methyl sites for hydroxylation is 1. The predicted molar refractivity (Wildman–Crippen MR) is 84.1 cm³/mol. The Bertz CT molecular complexity index is 568. The normalized spacial score (nSPS) is 10.4. The molecule has 21 heavy (non-hydrogen) atoms. The Balaban J connectivity index is 2.15. The number of hydrogen-bond donors (Lipinski definition) is 1.